The van der Waals surface area contributed by atoms with E-state index in [1.54, 1.807) is 19.1 Å². The van der Waals surface area contributed by atoms with E-state index in [1.807, 2.05) is 6.07 Å². The van der Waals surface area contributed by atoms with Crippen LogP contribution in [0.2, 0.25) is 0 Å². The summed E-state index contributed by atoms with van der Waals surface area (Å²) in [6.45, 7) is 3.08. The molecule has 1 aliphatic rings. The number of hydrogen-bond acceptors (Lipinski definition) is 3. The Bertz CT molecular complexity index is 894. The normalized spacial score (nSPS) is 16.2. The second-order valence-corrected chi connectivity index (χ2v) is 8.03. The molecule has 0 radical (unpaired) electrons. The van der Waals surface area contributed by atoms with Gasteiger partial charge in [0.15, 0.2) is 0 Å². The zero-order valence-electron chi connectivity index (χ0n) is 14.1. The van der Waals surface area contributed by atoms with Crippen molar-refractivity contribution >= 4 is 10.0 Å². The molecule has 0 amide bonds. The zero-order chi connectivity index (χ0) is 18.9. The van der Waals surface area contributed by atoms with Crippen molar-refractivity contribution in [1.82, 2.24) is 10.0 Å². The second-order valence-electron chi connectivity index (χ2n) is 6.32. The Balaban J connectivity index is 1.78. The maximum absolute atomic E-state index is 12.6. The van der Waals surface area contributed by atoms with Crippen LogP contribution in [0.25, 0.3) is 0 Å². The van der Waals surface area contributed by atoms with Gasteiger partial charge in [-0.3, -0.25) is 0 Å². The van der Waals surface area contributed by atoms with Crippen LogP contribution in [-0.2, 0) is 29.2 Å². The van der Waals surface area contributed by atoms with Crippen LogP contribution < -0.4 is 10.0 Å². The Morgan fingerprint density at radius 3 is 2.42 bits per heavy atom. The predicted molar refractivity (Wildman–Crippen MR) is 92.0 cm³/mol. The summed E-state index contributed by atoms with van der Waals surface area (Å²) in [5.74, 6) is 0. The molecular formula is C18H19F3N2O2S. The molecule has 8 heteroatoms. The SMILES string of the molecule is CC(NS(=O)(=O)c1ccc2c(c1)CNCC2)c1ccc(C(F)(F)F)cc1. The van der Waals surface area contributed by atoms with E-state index < -0.39 is 27.8 Å². The van der Waals surface area contributed by atoms with Gasteiger partial charge < -0.3 is 5.32 Å². The van der Waals surface area contributed by atoms with E-state index in [1.165, 1.54) is 12.1 Å². The van der Waals surface area contributed by atoms with Crippen molar-refractivity contribution in [2.24, 2.45) is 0 Å². The van der Waals surface area contributed by atoms with E-state index in [4.69, 9.17) is 0 Å². The molecule has 0 spiro atoms. The van der Waals surface area contributed by atoms with Crippen molar-refractivity contribution < 1.29 is 21.6 Å². The molecule has 0 aromatic heterocycles. The lowest BCUT2D eigenvalue weighted by Crippen LogP contribution is -2.28. The maximum Gasteiger partial charge on any atom is 0.416 e. The summed E-state index contributed by atoms with van der Waals surface area (Å²) in [4.78, 5) is 0.152. The Morgan fingerprint density at radius 1 is 1.08 bits per heavy atom. The third-order valence-corrected chi connectivity index (χ3v) is 5.98. The first kappa shape index (κ1) is 18.9. The van der Waals surface area contributed by atoms with Gasteiger partial charge in [0.05, 0.1) is 10.5 Å². The molecule has 0 saturated heterocycles. The van der Waals surface area contributed by atoms with Crippen LogP contribution in [0, 0.1) is 0 Å². The van der Waals surface area contributed by atoms with Crippen molar-refractivity contribution in [2.45, 2.75) is 37.0 Å². The Morgan fingerprint density at radius 2 is 1.77 bits per heavy atom. The smallest absolute Gasteiger partial charge is 0.312 e. The highest BCUT2D eigenvalue weighted by molar-refractivity contribution is 7.89. The summed E-state index contributed by atoms with van der Waals surface area (Å²) in [6.07, 6.45) is -3.57. The number of benzene rings is 2. The van der Waals surface area contributed by atoms with Gasteiger partial charge >= 0.3 is 6.18 Å². The minimum absolute atomic E-state index is 0.152. The molecule has 2 aromatic carbocycles. The van der Waals surface area contributed by atoms with E-state index in [2.05, 4.69) is 10.0 Å². The van der Waals surface area contributed by atoms with E-state index >= 15 is 0 Å². The molecule has 1 unspecified atom stereocenters. The van der Waals surface area contributed by atoms with Crippen molar-refractivity contribution in [1.29, 1.82) is 0 Å². The lowest BCUT2D eigenvalue weighted by molar-refractivity contribution is -0.137. The minimum Gasteiger partial charge on any atom is -0.312 e. The van der Waals surface area contributed by atoms with Gasteiger partial charge in [0.25, 0.3) is 0 Å². The second kappa shape index (κ2) is 7.02. The Hall–Kier alpha value is -1.90. The molecule has 1 heterocycles. The van der Waals surface area contributed by atoms with Crippen molar-refractivity contribution in [3.05, 3.63) is 64.7 Å². The van der Waals surface area contributed by atoms with Gasteiger partial charge in [0, 0.05) is 12.6 Å². The number of sulfonamides is 1. The lowest BCUT2D eigenvalue weighted by Gasteiger charge is -2.19. The topological polar surface area (TPSA) is 58.2 Å². The number of nitrogens with one attached hydrogen (secondary N) is 2. The van der Waals surface area contributed by atoms with Gasteiger partial charge in [-0.15, -0.1) is 0 Å². The van der Waals surface area contributed by atoms with Crippen LogP contribution in [-0.4, -0.2) is 15.0 Å². The minimum atomic E-state index is -4.42. The highest BCUT2D eigenvalue weighted by Crippen LogP contribution is 2.30. The lowest BCUT2D eigenvalue weighted by atomic mass is 10.0. The van der Waals surface area contributed by atoms with Gasteiger partial charge in [-0.05, 0) is 60.8 Å². The maximum atomic E-state index is 12.6. The van der Waals surface area contributed by atoms with E-state index in [0.717, 1.165) is 36.2 Å². The van der Waals surface area contributed by atoms with Crippen LogP contribution in [0.1, 0.15) is 35.2 Å². The molecule has 2 N–H and O–H groups in total. The molecule has 4 nitrogen and oxygen atoms in total. The third kappa shape index (κ3) is 4.08. The largest absolute Gasteiger partial charge is 0.416 e. The highest BCUT2D eigenvalue weighted by Gasteiger charge is 2.30. The van der Waals surface area contributed by atoms with Crippen molar-refractivity contribution in [2.75, 3.05) is 6.54 Å². The fourth-order valence-corrected chi connectivity index (χ4v) is 4.24. The quantitative estimate of drug-likeness (QED) is 0.850. The Kier molecular flexibility index (Phi) is 5.09. The van der Waals surface area contributed by atoms with Gasteiger partial charge in [-0.1, -0.05) is 18.2 Å². The molecule has 1 aliphatic heterocycles. The predicted octanol–water partition coefficient (Wildman–Crippen LogP) is 3.39. The summed E-state index contributed by atoms with van der Waals surface area (Å²) in [7, 11) is -3.78. The Labute approximate surface area is 150 Å². The fraction of sp³-hybridized carbons (Fsp3) is 0.333. The van der Waals surface area contributed by atoms with Gasteiger partial charge in [0.1, 0.15) is 0 Å². The molecule has 1 atom stereocenters. The highest BCUT2D eigenvalue weighted by atomic mass is 32.2. The molecule has 3 rings (SSSR count). The number of alkyl halides is 3. The van der Waals surface area contributed by atoms with Crippen LogP contribution in [0.15, 0.2) is 47.4 Å². The average Bonchev–Trinajstić information content (AvgIpc) is 2.60. The van der Waals surface area contributed by atoms with Crippen LogP contribution >= 0.6 is 0 Å². The molecule has 0 saturated carbocycles. The number of halogens is 3. The standard InChI is InChI=1S/C18H19F3N2O2S/c1-12(13-2-5-16(6-3-13)18(19,20)21)23-26(24,25)17-7-4-14-8-9-22-11-15(14)10-17/h2-7,10,12,22-23H,8-9,11H2,1H3. The summed E-state index contributed by atoms with van der Waals surface area (Å²) < 4.78 is 65.7. The van der Waals surface area contributed by atoms with E-state index in [0.29, 0.717) is 12.1 Å². The van der Waals surface area contributed by atoms with Gasteiger partial charge in [0.2, 0.25) is 10.0 Å². The summed E-state index contributed by atoms with van der Waals surface area (Å²) in [5.41, 5.74) is 1.76. The van der Waals surface area contributed by atoms with Crippen LogP contribution in [0.3, 0.4) is 0 Å². The first-order valence-electron chi connectivity index (χ1n) is 8.19. The first-order chi connectivity index (χ1) is 12.2. The number of fused-ring (bicyclic) bond motifs is 1. The summed E-state index contributed by atoms with van der Waals surface area (Å²) in [5, 5.41) is 3.20. The van der Waals surface area contributed by atoms with E-state index in [-0.39, 0.29) is 4.90 Å². The molecule has 0 fully saturated rings. The fourth-order valence-electron chi connectivity index (χ4n) is 2.95. The van der Waals surface area contributed by atoms with Gasteiger partial charge in [-0.25, -0.2) is 13.1 Å². The number of hydrogen-bond donors (Lipinski definition) is 2. The molecule has 0 bridgehead atoms. The summed E-state index contributed by atoms with van der Waals surface area (Å²) in [6, 6.07) is 8.83. The molecule has 2 aromatic rings. The molecule has 26 heavy (non-hydrogen) atoms. The van der Waals surface area contributed by atoms with Crippen molar-refractivity contribution in [3.63, 3.8) is 0 Å². The zero-order valence-corrected chi connectivity index (χ0v) is 14.9. The monoisotopic (exact) mass is 384 g/mol. The van der Waals surface area contributed by atoms with Crippen LogP contribution in [0.5, 0.6) is 0 Å². The molecule has 0 aliphatic carbocycles. The van der Waals surface area contributed by atoms with Crippen molar-refractivity contribution in [3.8, 4) is 0 Å². The first-order valence-corrected chi connectivity index (χ1v) is 9.67. The molecule has 140 valence electrons. The summed E-state index contributed by atoms with van der Waals surface area (Å²) >= 11 is 0. The number of rotatable bonds is 4. The van der Waals surface area contributed by atoms with E-state index in [9.17, 15) is 21.6 Å². The third-order valence-electron chi connectivity index (χ3n) is 4.44. The average molecular weight is 384 g/mol. The van der Waals surface area contributed by atoms with Gasteiger partial charge in [-0.2, -0.15) is 13.2 Å². The van der Waals surface area contributed by atoms with Crippen LogP contribution in [0.4, 0.5) is 13.2 Å². The molecular weight excluding hydrogens is 365 g/mol.